The number of nitrogens with zero attached hydrogens (tertiary/aromatic N) is 2. The van der Waals surface area contributed by atoms with E-state index in [1.807, 2.05) is 4.90 Å². The molecular weight excluding hydrogens is 248 g/mol. The van der Waals surface area contributed by atoms with Gasteiger partial charge in [0, 0.05) is 39.1 Å². The highest BCUT2D eigenvalue weighted by Crippen LogP contribution is 2.07. The van der Waals surface area contributed by atoms with Crippen LogP contribution in [0.1, 0.15) is 13.3 Å². The van der Waals surface area contributed by atoms with E-state index in [9.17, 15) is 14.4 Å². The first-order chi connectivity index (χ1) is 9.08. The van der Waals surface area contributed by atoms with Crippen LogP contribution in [0.4, 0.5) is 0 Å². The molecule has 1 atom stereocenters. The van der Waals surface area contributed by atoms with Crippen molar-refractivity contribution in [2.45, 2.75) is 19.4 Å². The van der Waals surface area contributed by atoms with Crippen molar-refractivity contribution in [3.8, 4) is 0 Å². The van der Waals surface area contributed by atoms with Crippen LogP contribution >= 0.6 is 0 Å². The van der Waals surface area contributed by atoms with Gasteiger partial charge in [-0.2, -0.15) is 0 Å². The molecule has 7 nitrogen and oxygen atoms in total. The van der Waals surface area contributed by atoms with Crippen LogP contribution in [0.5, 0.6) is 0 Å². The van der Waals surface area contributed by atoms with Crippen LogP contribution in [-0.4, -0.2) is 72.8 Å². The summed E-state index contributed by atoms with van der Waals surface area (Å²) in [6, 6.07) is -0.353. The molecule has 0 aromatic heterocycles. The molecular formula is C12H20N4O3. The zero-order valence-electron chi connectivity index (χ0n) is 11.1. The largest absolute Gasteiger partial charge is 0.340 e. The van der Waals surface area contributed by atoms with Crippen molar-refractivity contribution >= 4 is 17.7 Å². The minimum Gasteiger partial charge on any atom is -0.340 e. The lowest BCUT2D eigenvalue weighted by Crippen LogP contribution is -2.57. The first-order valence-corrected chi connectivity index (χ1v) is 6.64. The van der Waals surface area contributed by atoms with Crippen molar-refractivity contribution in [3.05, 3.63) is 0 Å². The maximum atomic E-state index is 12.0. The van der Waals surface area contributed by atoms with Gasteiger partial charge in [0.05, 0.1) is 12.6 Å². The number of amides is 3. The second-order valence-electron chi connectivity index (χ2n) is 4.94. The first-order valence-electron chi connectivity index (χ1n) is 6.64. The molecule has 2 aliphatic heterocycles. The van der Waals surface area contributed by atoms with Gasteiger partial charge in [-0.3, -0.25) is 24.6 Å². The van der Waals surface area contributed by atoms with Crippen LogP contribution in [0.2, 0.25) is 0 Å². The second kappa shape index (κ2) is 6.12. The van der Waals surface area contributed by atoms with Crippen LogP contribution in [0, 0.1) is 0 Å². The Morgan fingerprint density at radius 1 is 1.32 bits per heavy atom. The zero-order valence-corrected chi connectivity index (χ0v) is 11.1. The fraction of sp³-hybridized carbons (Fsp3) is 0.750. The van der Waals surface area contributed by atoms with Crippen LogP contribution in [-0.2, 0) is 14.4 Å². The van der Waals surface area contributed by atoms with Gasteiger partial charge < -0.3 is 10.2 Å². The Morgan fingerprint density at radius 3 is 2.68 bits per heavy atom. The van der Waals surface area contributed by atoms with E-state index in [-0.39, 0.29) is 30.3 Å². The van der Waals surface area contributed by atoms with E-state index >= 15 is 0 Å². The molecule has 2 rings (SSSR count). The number of imide groups is 1. The van der Waals surface area contributed by atoms with E-state index < -0.39 is 0 Å². The molecule has 1 unspecified atom stereocenters. The van der Waals surface area contributed by atoms with E-state index in [4.69, 9.17) is 0 Å². The van der Waals surface area contributed by atoms with E-state index in [2.05, 4.69) is 10.6 Å². The maximum absolute atomic E-state index is 12.0. The van der Waals surface area contributed by atoms with Crippen molar-refractivity contribution in [1.82, 2.24) is 20.4 Å². The summed E-state index contributed by atoms with van der Waals surface area (Å²) < 4.78 is 0. The summed E-state index contributed by atoms with van der Waals surface area (Å²) >= 11 is 0. The van der Waals surface area contributed by atoms with Gasteiger partial charge in [0.25, 0.3) is 0 Å². The first kappa shape index (κ1) is 14.0. The smallest absolute Gasteiger partial charge is 0.243 e. The van der Waals surface area contributed by atoms with Gasteiger partial charge in [-0.1, -0.05) is 0 Å². The number of carbonyl (C=O) groups is 3. The minimum atomic E-state index is -0.353. The summed E-state index contributed by atoms with van der Waals surface area (Å²) in [6.45, 7) is 5.49. The van der Waals surface area contributed by atoms with E-state index in [1.54, 1.807) is 11.8 Å². The molecule has 2 aliphatic rings. The number of carbonyl (C=O) groups excluding carboxylic acids is 3. The van der Waals surface area contributed by atoms with Gasteiger partial charge in [0.2, 0.25) is 17.7 Å². The van der Waals surface area contributed by atoms with Gasteiger partial charge in [-0.25, -0.2) is 0 Å². The fourth-order valence-electron chi connectivity index (χ4n) is 2.35. The van der Waals surface area contributed by atoms with Crippen LogP contribution in [0.15, 0.2) is 0 Å². The Balaban J connectivity index is 1.82. The molecule has 0 aromatic rings. The van der Waals surface area contributed by atoms with Crippen LogP contribution in [0.3, 0.4) is 0 Å². The van der Waals surface area contributed by atoms with Crippen LogP contribution < -0.4 is 10.6 Å². The summed E-state index contributed by atoms with van der Waals surface area (Å²) in [5.74, 6) is -0.490. The second-order valence-corrected chi connectivity index (χ2v) is 4.94. The third kappa shape index (κ3) is 3.51. The third-order valence-electron chi connectivity index (χ3n) is 3.62. The molecule has 0 bridgehead atoms. The highest BCUT2D eigenvalue weighted by molar-refractivity contribution is 6.00. The number of rotatable bonds is 3. The average Bonchev–Trinajstić information content (AvgIpc) is 2.41. The number of piperazine rings is 2. The lowest BCUT2D eigenvalue weighted by atomic mass is 10.2. The van der Waals surface area contributed by atoms with Gasteiger partial charge >= 0.3 is 0 Å². The lowest BCUT2D eigenvalue weighted by molar-refractivity contribution is -0.141. The molecule has 2 heterocycles. The van der Waals surface area contributed by atoms with E-state index in [0.717, 1.165) is 26.2 Å². The summed E-state index contributed by atoms with van der Waals surface area (Å²) in [4.78, 5) is 38.4. The number of hydrogen-bond acceptors (Lipinski definition) is 5. The Morgan fingerprint density at radius 2 is 2.00 bits per heavy atom. The standard InChI is InChI=1S/C12H20N4O3/c1-9-12(19)14-10(17)8-16(9)5-2-11(18)15-6-3-13-4-7-15/h9,13H,2-8H2,1H3,(H,14,17,19). The normalized spacial score (nSPS) is 25.3. The van der Waals surface area contributed by atoms with E-state index in [0.29, 0.717) is 13.0 Å². The average molecular weight is 268 g/mol. The molecule has 2 fully saturated rings. The molecule has 7 heteroatoms. The van der Waals surface area contributed by atoms with Crippen molar-refractivity contribution < 1.29 is 14.4 Å². The molecule has 0 spiro atoms. The van der Waals surface area contributed by atoms with Gasteiger partial charge in [0.15, 0.2) is 0 Å². The molecule has 106 valence electrons. The Bertz CT molecular complexity index is 379. The Kier molecular flexibility index (Phi) is 4.49. The topological polar surface area (TPSA) is 81.8 Å². The molecule has 0 radical (unpaired) electrons. The SMILES string of the molecule is CC1C(=O)NC(=O)CN1CCC(=O)N1CCNCC1. The van der Waals surface area contributed by atoms with Crippen molar-refractivity contribution in [1.29, 1.82) is 0 Å². The molecule has 0 aromatic carbocycles. The number of hydrogen-bond donors (Lipinski definition) is 2. The summed E-state index contributed by atoms with van der Waals surface area (Å²) in [5.41, 5.74) is 0. The predicted octanol–water partition coefficient (Wildman–Crippen LogP) is -1.84. The highest BCUT2D eigenvalue weighted by Gasteiger charge is 2.30. The molecule has 19 heavy (non-hydrogen) atoms. The van der Waals surface area contributed by atoms with Crippen molar-refractivity contribution in [2.24, 2.45) is 0 Å². The summed E-state index contributed by atoms with van der Waals surface area (Å²) in [6.07, 6.45) is 0.352. The molecule has 2 saturated heterocycles. The highest BCUT2D eigenvalue weighted by atomic mass is 16.2. The lowest BCUT2D eigenvalue weighted by Gasteiger charge is -2.32. The van der Waals surface area contributed by atoms with E-state index in [1.165, 1.54) is 0 Å². The molecule has 2 N–H and O–H groups in total. The van der Waals surface area contributed by atoms with Gasteiger partial charge in [-0.15, -0.1) is 0 Å². The summed E-state index contributed by atoms with van der Waals surface area (Å²) in [7, 11) is 0. The van der Waals surface area contributed by atoms with Crippen LogP contribution in [0.25, 0.3) is 0 Å². The molecule has 0 aliphatic carbocycles. The molecule has 3 amide bonds. The predicted molar refractivity (Wildman–Crippen MR) is 68.3 cm³/mol. The Labute approximate surface area is 112 Å². The monoisotopic (exact) mass is 268 g/mol. The number of nitrogens with one attached hydrogen (secondary N) is 2. The third-order valence-corrected chi connectivity index (χ3v) is 3.62. The molecule has 0 saturated carbocycles. The fourth-order valence-corrected chi connectivity index (χ4v) is 2.35. The van der Waals surface area contributed by atoms with Crippen molar-refractivity contribution in [3.63, 3.8) is 0 Å². The quantitative estimate of drug-likeness (QED) is 0.588. The zero-order chi connectivity index (χ0) is 13.8. The summed E-state index contributed by atoms with van der Waals surface area (Å²) in [5, 5.41) is 5.48. The van der Waals surface area contributed by atoms with Crippen molar-refractivity contribution in [2.75, 3.05) is 39.3 Å². The van der Waals surface area contributed by atoms with Gasteiger partial charge in [-0.05, 0) is 6.92 Å². The Hall–Kier alpha value is -1.47. The minimum absolute atomic E-state index is 0.0899. The van der Waals surface area contributed by atoms with Gasteiger partial charge in [0.1, 0.15) is 0 Å². The maximum Gasteiger partial charge on any atom is 0.243 e.